The second kappa shape index (κ2) is 11.0. The molecule has 1 aromatic heterocycles. The molecule has 174 valence electrons. The molecule has 0 bridgehead atoms. The van der Waals surface area contributed by atoms with Crippen LogP contribution in [0.4, 0.5) is 0 Å². The predicted molar refractivity (Wildman–Crippen MR) is 131 cm³/mol. The van der Waals surface area contributed by atoms with Gasteiger partial charge in [-0.15, -0.1) is 0 Å². The summed E-state index contributed by atoms with van der Waals surface area (Å²) in [7, 11) is 0. The molecular formula is C27H31ClN2O3. The third-order valence-corrected chi connectivity index (χ3v) is 6.73. The molecular weight excluding hydrogens is 436 g/mol. The van der Waals surface area contributed by atoms with Gasteiger partial charge in [0.2, 0.25) is 0 Å². The molecule has 0 saturated heterocycles. The highest BCUT2D eigenvalue weighted by Crippen LogP contribution is 2.38. The number of aliphatic carboxylic acids is 1. The van der Waals surface area contributed by atoms with Crippen LogP contribution in [0.15, 0.2) is 54.6 Å². The van der Waals surface area contributed by atoms with Crippen LogP contribution < -0.4 is 0 Å². The van der Waals surface area contributed by atoms with E-state index in [0.717, 1.165) is 66.2 Å². The minimum Gasteiger partial charge on any atom is -0.480 e. The van der Waals surface area contributed by atoms with Crippen molar-refractivity contribution in [3.05, 3.63) is 65.3 Å². The molecule has 1 heterocycles. The first-order chi connectivity index (χ1) is 16.0. The number of rotatable bonds is 9. The molecule has 0 aliphatic heterocycles. The third-order valence-electron chi connectivity index (χ3n) is 6.50. The fraction of sp³-hybridized carbons (Fsp3) is 0.407. The fourth-order valence-electron chi connectivity index (χ4n) is 4.87. The zero-order valence-corrected chi connectivity index (χ0v) is 19.8. The summed E-state index contributed by atoms with van der Waals surface area (Å²) in [6.45, 7) is 3.35. The van der Waals surface area contributed by atoms with E-state index in [1.807, 2.05) is 24.3 Å². The predicted octanol–water partition coefficient (Wildman–Crippen LogP) is 6.34. The molecule has 0 radical (unpaired) electrons. The van der Waals surface area contributed by atoms with Gasteiger partial charge in [-0.25, -0.2) is 4.79 Å². The fourth-order valence-corrected chi connectivity index (χ4v) is 5.06. The van der Waals surface area contributed by atoms with E-state index in [-0.39, 0.29) is 6.61 Å². The second-order valence-electron chi connectivity index (χ2n) is 8.88. The maximum Gasteiger partial charge on any atom is 0.329 e. The van der Waals surface area contributed by atoms with Crippen molar-refractivity contribution in [2.45, 2.75) is 45.6 Å². The van der Waals surface area contributed by atoms with E-state index < -0.39 is 5.97 Å². The van der Waals surface area contributed by atoms with Crippen molar-refractivity contribution in [1.82, 2.24) is 9.78 Å². The molecule has 0 amide bonds. The maximum absolute atomic E-state index is 10.7. The molecule has 0 unspecified atom stereocenters. The Kier molecular flexibility index (Phi) is 7.84. The smallest absolute Gasteiger partial charge is 0.329 e. The van der Waals surface area contributed by atoms with Gasteiger partial charge < -0.3 is 9.84 Å². The Morgan fingerprint density at radius 2 is 1.76 bits per heavy atom. The van der Waals surface area contributed by atoms with Crippen LogP contribution in [0.3, 0.4) is 0 Å². The van der Waals surface area contributed by atoms with Crippen molar-refractivity contribution in [2.24, 2.45) is 11.8 Å². The molecule has 0 atom stereocenters. The molecule has 1 N–H and O–H groups in total. The van der Waals surface area contributed by atoms with Gasteiger partial charge in [-0.2, -0.15) is 5.10 Å². The second-order valence-corrected chi connectivity index (χ2v) is 9.31. The summed E-state index contributed by atoms with van der Waals surface area (Å²) in [6.07, 6.45) is 5.18. The SMILES string of the molecule is CCc1nn(C[C@H]2CC[C@H](COCC(=O)O)CC2)c(-c2ccccc2)c1-c1cccc(Cl)c1. The summed E-state index contributed by atoms with van der Waals surface area (Å²) >= 11 is 6.35. The first kappa shape index (κ1) is 23.5. The largest absolute Gasteiger partial charge is 0.480 e. The number of carboxylic acid groups (broad SMARTS) is 1. The Hall–Kier alpha value is -2.63. The van der Waals surface area contributed by atoms with Crippen molar-refractivity contribution in [3.63, 3.8) is 0 Å². The quantitative estimate of drug-likeness (QED) is 0.399. The third kappa shape index (κ3) is 5.84. The van der Waals surface area contributed by atoms with E-state index in [4.69, 9.17) is 26.5 Å². The number of aryl methyl sites for hydroxylation is 1. The van der Waals surface area contributed by atoms with Gasteiger partial charge >= 0.3 is 5.97 Å². The molecule has 1 fully saturated rings. The number of hydrogen-bond acceptors (Lipinski definition) is 3. The zero-order chi connectivity index (χ0) is 23.2. The van der Waals surface area contributed by atoms with Crippen molar-refractivity contribution in [2.75, 3.05) is 13.2 Å². The van der Waals surface area contributed by atoms with Crippen LogP contribution in [0, 0.1) is 11.8 Å². The Balaban J connectivity index is 1.58. The molecule has 33 heavy (non-hydrogen) atoms. The Labute approximate surface area is 200 Å². The number of ether oxygens (including phenoxy) is 1. The van der Waals surface area contributed by atoms with Crippen molar-refractivity contribution < 1.29 is 14.6 Å². The van der Waals surface area contributed by atoms with Crippen LogP contribution in [0.1, 0.15) is 38.3 Å². The first-order valence-corrected chi connectivity index (χ1v) is 12.1. The van der Waals surface area contributed by atoms with E-state index in [0.29, 0.717) is 18.4 Å². The number of benzene rings is 2. The Morgan fingerprint density at radius 1 is 1.06 bits per heavy atom. The summed E-state index contributed by atoms with van der Waals surface area (Å²) in [5.41, 5.74) is 5.68. The van der Waals surface area contributed by atoms with Crippen molar-refractivity contribution in [3.8, 4) is 22.4 Å². The summed E-state index contributed by atoms with van der Waals surface area (Å²) in [4.78, 5) is 10.7. The average Bonchev–Trinajstić information content (AvgIpc) is 3.19. The molecule has 6 heteroatoms. The lowest BCUT2D eigenvalue weighted by atomic mass is 9.82. The van der Waals surface area contributed by atoms with Crippen LogP contribution in [0.2, 0.25) is 5.02 Å². The summed E-state index contributed by atoms with van der Waals surface area (Å²) < 4.78 is 7.53. The van der Waals surface area contributed by atoms with Crippen molar-refractivity contribution in [1.29, 1.82) is 0 Å². The highest BCUT2D eigenvalue weighted by molar-refractivity contribution is 6.30. The maximum atomic E-state index is 10.7. The van der Waals surface area contributed by atoms with E-state index in [1.54, 1.807) is 0 Å². The average molecular weight is 467 g/mol. The molecule has 1 aliphatic carbocycles. The molecule has 4 rings (SSSR count). The normalized spacial score (nSPS) is 18.4. The van der Waals surface area contributed by atoms with Gasteiger partial charge in [0.25, 0.3) is 0 Å². The molecule has 1 saturated carbocycles. The van der Waals surface area contributed by atoms with Crippen LogP contribution in [0.5, 0.6) is 0 Å². The minimum atomic E-state index is -0.905. The van der Waals surface area contributed by atoms with Crippen LogP contribution in [-0.2, 0) is 22.5 Å². The molecule has 2 aromatic carbocycles. The lowest BCUT2D eigenvalue weighted by Gasteiger charge is -2.28. The van der Waals surface area contributed by atoms with Gasteiger partial charge in [-0.3, -0.25) is 4.68 Å². The van der Waals surface area contributed by atoms with E-state index in [1.165, 1.54) is 5.56 Å². The topological polar surface area (TPSA) is 64.4 Å². The number of aromatic nitrogens is 2. The number of nitrogens with zero attached hydrogens (tertiary/aromatic N) is 2. The van der Waals surface area contributed by atoms with Crippen LogP contribution in [0.25, 0.3) is 22.4 Å². The summed E-state index contributed by atoms with van der Waals surface area (Å²) in [5.74, 6) is 0.0816. The molecule has 0 spiro atoms. The van der Waals surface area contributed by atoms with Gasteiger partial charge in [-0.05, 0) is 61.6 Å². The van der Waals surface area contributed by atoms with Gasteiger partial charge in [0.1, 0.15) is 6.61 Å². The summed E-state index contributed by atoms with van der Waals surface area (Å²) in [5, 5.41) is 14.6. The van der Waals surface area contributed by atoms with Gasteiger partial charge in [0.05, 0.1) is 18.0 Å². The molecule has 3 aromatic rings. The lowest BCUT2D eigenvalue weighted by molar-refractivity contribution is -0.142. The van der Waals surface area contributed by atoms with E-state index in [2.05, 4.69) is 41.9 Å². The number of carboxylic acids is 1. The molecule has 1 aliphatic rings. The Bertz CT molecular complexity index is 1070. The zero-order valence-electron chi connectivity index (χ0n) is 19.0. The van der Waals surface area contributed by atoms with Gasteiger partial charge in [-0.1, -0.05) is 61.0 Å². The number of hydrogen-bond donors (Lipinski definition) is 1. The van der Waals surface area contributed by atoms with Crippen molar-refractivity contribution >= 4 is 17.6 Å². The van der Waals surface area contributed by atoms with Crippen LogP contribution >= 0.6 is 11.6 Å². The lowest BCUT2D eigenvalue weighted by Crippen LogP contribution is -2.23. The Morgan fingerprint density at radius 3 is 2.42 bits per heavy atom. The standard InChI is InChI=1S/C27H31ClN2O3/c1-2-24-26(22-9-6-10-23(28)15-22)27(21-7-4-3-5-8-21)30(29-24)16-19-11-13-20(14-12-19)17-33-18-25(31)32/h3-10,15,19-20H,2,11-14,16-18H2,1H3,(H,31,32)/t19-,20-. The van der Waals surface area contributed by atoms with Gasteiger partial charge in [0.15, 0.2) is 0 Å². The first-order valence-electron chi connectivity index (χ1n) is 11.8. The minimum absolute atomic E-state index is 0.209. The molecule has 5 nitrogen and oxygen atoms in total. The van der Waals surface area contributed by atoms with Gasteiger partial charge in [0, 0.05) is 22.7 Å². The van der Waals surface area contributed by atoms with Crippen LogP contribution in [-0.4, -0.2) is 34.1 Å². The highest BCUT2D eigenvalue weighted by Gasteiger charge is 2.25. The highest BCUT2D eigenvalue weighted by atomic mass is 35.5. The number of halogens is 1. The summed E-state index contributed by atoms with van der Waals surface area (Å²) in [6, 6.07) is 18.5. The van der Waals surface area contributed by atoms with E-state index in [9.17, 15) is 4.79 Å². The number of carbonyl (C=O) groups is 1. The van der Waals surface area contributed by atoms with E-state index >= 15 is 0 Å². The monoisotopic (exact) mass is 466 g/mol.